The molecule has 0 aromatic heterocycles. The summed E-state index contributed by atoms with van der Waals surface area (Å²) in [7, 11) is 0. The monoisotopic (exact) mass is 221 g/mol. The summed E-state index contributed by atoms with van der Waals surface area (Å²) in [5.74, 6) is 0.994. The molecule has 0 spiro atoms. The third-order valence-electron chi connectivity index (χ3n) is 2.72. The van der Waals surface area contributed by atoms with Gasteiger partial charge in [0.05, 0.1) is 6.10 Å². The molecule has 2 nitrogen and oxygen atoms in total. The predicted molar refractivity (Wildman–Crippen MR) is 68.8 cm³/mol. The van der Waals surface area contributed by atoms with Crippen LogP contribution in [-0.2, 0) is 6.42 Å². The normalized spacial score (nSPS) is 12.8. The summed E-state index contributed by atoms with van der Waals surface area (Å²) in [6, 6.07) is 8.36. The lowest BCUT2D eigenvalue weighted by Crippen LogP contribution is -2.20. The fraction of sp³-hybridized carbons (Fsp3) is 0.571. The van der Waals surface area contributed by atoms with Crippen LogP contribution in [-0.4, -0.2) is 12.1 Å². The first kappa shape index (κ1) is 13.0. The number of benzene rings is 1. The summed E-state index contributed by atoms with van der Waals surface area (Å²) in [4.78, 5) is 0. The molecule has 1 aromatic carbocycles. The quantitative estimate of drug-likeness (QED) is 0.801. The number of hydrogen-bond acceptors (Lipinski definition) is 2. The van der Waals surface area contributed by atoms with E-state index in [2.05, 4.69) is 19.9 Å². The summed E-state index contributed by atoms with van der Waals surface area (Å²) in [5, 5.41) is 0. The van der Waals surface area contributed by atoms with Gasteiger partial charge < -0.3 is 10.5 Å². The van der Waals surface area contributed by atoms with Crippen molar-refractivity contribution in [2.75, 3.05) is 0 Å². The fourth-order valence-corrected chi connectivity index (χ4v) is 1.77. The molecule has 0 aliphatic rings. The van der Waals surface area contributed by atoms with E-state index in [9.17, 15) is 0 Å². The van der Waals surface area contributed by atoms with Crippen molar-refractivity contribution in [1.29, 1.82) is 0 Å². The second-order valence-electron chi connectivity index (χ2n) is 4.35. The van der Waals surface area contributed by atoms with Gasteiger partial charge in [0, 0.05) is 6.04 Å². The lowest BCUT2D eigenvalue weighted by Gasteiger charge is -2.19. The van der Waals surface area contributed by atoms with E-state index in [-0.39, 0.29) is 6.04 Å². The van der Waals surface area contributed by atoms with E-state index >= 15 is 0 Å². The van der Waals surface area contributed by atoms with E-state index in [1.807, 2.05) is 25.1 Å². The van der Waals surface area contributed by atoms with Crippen molar-refractivity contribution >= 4 is 0 Å². The Kier molecular flexibility index (Phi) is 5.33. The number of nitrogens with two attached hydrogens (primary N) is 1. The Morgan fingerprint density at radius 1 is 1.19 bits per heavy atom. The molecular weight excluding hydrogens is 198 g/mol. The lowest BCUT2D eigenvalue weighted by molar-refractivity contribution is 0.191. The molecule has 0 aliphatic heterocycles. The third-order valence-corrected chi connectivity index (χ3v) is 2.72. The molecule has 1 aromatic rings. The smallest absolute Gasteiger partial charge is 0.122 e. The van der Waals surface area contributed by atoms with E-state index in [0.29, 0.717) is 6.10 Å². The first-order valence-electron chi connectivity index (χ1n) is 6.17. The highest BCUT2D eigenvalue weighted by Crippen LogP contribution is 2.22. The standard InChI is InChI=1S/C14H23NO/c1-4-13(5-2)16-14-9-7-6-8-12(14)10-11(3)15/h6-9,11,13H,4-5,10,15H2,1-3H3. The number of rotatable bonds is 6. The molecule has 0 heterocycles. The SMILES string of the molecule is CCC(CC)Oc1ccccc1CC(C)N. The van der Waals surface area contributed by atoms with Crippen LogP contribution < -0.4 is 10.5 Å². The van der Waals surface area contributed by atoms with Crippen LogP contribution in [0.25, 0.3) is 0 Å². The summed E-state index contributed by atoms with van der Waals surface area (Å²) >= 11 is 0. The maximum absolute atomic E-state index is 5.99. The lowest BCUT2D eigenvalue weighted by atomic mass is 10.1. The molecule has 0 saturated heterocycles. The van der Waals surface area contributed by atoms with E-state index in [1.54, 1.807) is 0 Å². The van der Waals surface area contributed by atoms with Crippen molar-refractivity contribution in [2.45, 2.75) is 52.2 Å². The Bertz CT molecular complexity index is 305. The molecule has 1 unspecified atom stereocenters. The average Bonchev–Trinajstić information content (AvgIpc) is 2.27. The zero-order chi connectivity index (χ0) is 12.0. The van der Waals surface area contributed by atoms with E-state index in [1.165, 1.54) is 5.56 Å². The molecule has 1 atom stereocenters. The number of hydrogen-bond donors (Lipinski definition) is 1. The van der Waals surface area contributed by atoms with Crippen molar-refractivity contribution < 1.29 is 4.74 Å². The van der Waals surface area contributed by atoms with Crippen LogP contribution in [0.3, 0.4) is 0 Å². The molecule has 2 N–H and O–H groups in total. The minimum Gasteiger partial charge on any atom is -0.490 e. The van der Waals surface area contributed by atoms with Gasteiger partial charge in [0.1, 0.15) is 5.75 Å². The number of para-hydroxylation sites is 1. The highest BCUT2D eigenvalue weighted by molar-refractivity contribution is 5.34. The van der Waals surface area contributed by atoms with Gasteiger partial charge >= 0.3 is 0 Å². The molecule has 2 heteroatoms. The minimum atomic E-state index is 0.173. The highest BCUT2D eigenvalue weighted by Gasteiger charge is 2.09. The van der Waals surface area contributed by atoms with Crippen molar-refractivity contribution in [3.05, 3.63) is 29.8 Å². The van der Waals surface area contributed by atoms with Gasteiger partial charge in [-0.15, -0.1) is 0 Å². The Morgan fingerprint density at radius 2 is 1.81 bits per heavy atom. The van der Waals surface area contributed by atoms with Gasteiger partial charge in [0.2, 0.25) is 0 Å². The van der Waals surface area contributed by atoms with Crippen LogP contribution in [0.5, 0.6) is 5.75 Å². The first-order chi connectivity index (χ1) is 7.67. The molecule has 0 amide bonds. The molecule has 1 rings (SSSR count). The maximum Gasteiger partial charge on any atom is 0.122 e. The van der Waals surface area contributed by atoms with Crippen molar-refractivity contribution in [3.8, 4) is 5.75 Å². The topological polar surface area (TPSA) is 35.2 Å². The van der Waals surface area contributed by atoms with Crippen LogP contribution >= 0.6 is 0 Å². The molecule has 0 aliphatic carbocycles. The zero-order valence-electron chi connectivity index (χ0n) is 10.6. The molecule has 0 saturated carbocycles. The van der Waals surface area contributed by atoms with Crippen LogP contribution in [0.2, 0.25) is 0 Å². The van der Waals surface area contributed by atoms with E-state index in [4.69, 9.17) is 10.5 Å². The van der Waals surface area contributed by atoms with Crippen LogP contribution in [0.15, 0.2) is 24.3 Å². The van der Waals surface area contributed by atoms with Crippen LogP contribution in [0, 0.1) is 0 Å². The molecule has 90 valence electrons. The van der Waals surface area contributed by atoms with Gasteiger partial charge in [-0.1, -0.05) is 32.0 Å². The van der Waals surface area contributed by atoms with Crippen molar-refractivity contribution in [2.24, 2.45) is 5.73 Å². The Hall–Kier alpha value is -1.02. The predicted octanol–water partition coefficient (Wildman–Crippen LogP) is 3.14. The second-order valence-corrected chi connectivity index (χ2v) is 4.35. The summed E-state index contributed by atoms with van der Waals surface area (Å²) in [6.07, 6.45) is 3.27. The van der Waals surface area contributed by atoms with Crippen molar-refractivity contribution in [1.82, 2.24) is 0 Å². The van der Waals surface area contributed by atoms with Crippen molar-refractivity contribution in [3.63, 3.8) is 0 Å². The van der Waals surface area contributed by atoms with E-state index in [0.717, 1.165) is 25.0 Å². The molecule has 16 heavy (non-hydrogen) atoms. The Labute approximate surface area is 98.8 Å². The molecular formula is C14H23NO. The van der Waals surface area contributed by atoms with Gasteiger partial charge in [-0.3, -0.25) is 0 Å². The zero-order valence-corrected chi connectivity index (χ0v) is 10.6. The Balaban J connectivity index is 2.77. The van der Waals surface area contributed by atoms with Gasteiger partial charge in [-0.2, -0.15) is 0 Å². The Morgan fingerprint density at radius 3 is 2.38 bits per heavy atom. The van der Waals surface area contributed by atoms with E-state index < -0.39 is 0 Å². The van der Waals surface area contributed by atoms with Gasteiger partial charge in [-0.25, -0.2) is 0 Å². The molecule has 0 fully saturated rings. The minimum absolute atomic E-state index is 0.173. The van der Waals surface area contributed by atoms with Crippen LogP contribution in [0.1, 0.15) is 39.2 Å². The second kappa shape index (κ2) is 6.54. The summed E-state index contributed by atoms with van der Waals surface area (Å²) < 4.78 is 5.99. The fourth-order valence-electron chi connectivity index (χ4n) is 1.77. The number of ether oxygens (including phenoxy) is 1. The summed E-state index contributed by atoms with van der Waals surface area (Å²) in [5.41, 5.74) is 7.05. The first-order valence-corrected chi connectivity index (χ1v) is 6.17. The van der Waals surface area contributed by atoms with Gasteiger partial charge in [0.25, 0.3) is 0 Å². The molecule has 0 radical (unpaired) electrons. The largest absolute Gasteiger partial charge is 0.490 e. The third kappa shape index (κ3) is 3.86. The average molecular weight is 221 g/mol. The summed E-state index contributed by atoms with van der Waals surface area (Å²) in [6.45, 7) is 6.33. The maximum atomic E-state index is 5.99. The van der Waals surface area contributed by atoms with Crippen LogP contribution in [0.4, 0.5) is 0 Å². The van der Waals surface area contributed by atoms with Gasteiger partial charge in [0.15, 0.2) is 0 Å². The van der Waals surface area contributed by atoms with Gasteiger partial charge in [-0.05, 0) is 37.8 Å². The molecule has 0 bridgehead atoms. The highest BCUT2D eigenvalue weighted by atomic mass is 16.5.